The molecule has 3 aromatic heterocycles. The Hall–Kier alpha value is -1.88. The Labute approximate surface area is 181 Å². The number of halogens is 2. The molecule has 4 rings (SSSR count). The molecule has 10 heteroatoms. The molecule has 0 aliphatic heterocycles. The van der Waals surface area contributed by atoms with Crippen LogP contribution in [-0.2, 0) is 6.54 Å². The second-order valence-corrected chi connectivity index (χ2v) is 9.30. The number of thiophene rings is 1. The highest BCUT2D eigenvalue weighted by molar-refractivity contribution is 9.11. The summed E-state index contributed by atoms with van der Waals surface area (Å²) in [5.74, 6) is 2.17. The summed E-state index contributed by atoms with van der Waals surface area (Å²) in [6.07, 6.45) is 0.788. The van der Waals surface area contributed by atoms with Crippen molar-refractivity contribution in [2.45, 2.75) is 25.9 Å². The first-order valence-corrected chi connectivity index (χ1v) is 10.9. The molecule has 7 nitrogen and oxygen atoms in total. The highest BCUT2D eigenvalue weighted by Crippen LogP contribution is 2.29. The predicted molar refractivity (Wildman–Crippen MR) is 113 cm³/mol. The molecule has 1 N–H and O–H groups in total. The van der Waals surface area contributed by atoms with Crippen molar-refractivity contribution in [3.63, 3.8) is 0 Å². The maximum absolute atomic E-state index is 5.43. The lowest BCUT2D eigenvalue weighted by Crippen LogP contribution is -2.21. The van der Waals surface area contributed by atoms with Gasteiger partial charge in [-0.2, -0.15) is 9.97 Å². The lowest BCUT2D eigenvalue weighted by molar-refractivity contribution is 0.348. The SMILES string of the molecule is CCC(NCc1nc(-c2ccc(Br)s2)no1)c1noc(-c2cccc(Br)c2)n1. The minimum absolute atomic E-state index is 0.0871. The van der Waals surface area contributed by atoms with Crippen LogP contribution in [0.1, 0.15) is 31.1 Å². The number of hydrogen-bond donors (Lipinski definition) is 1. The van der Waals surface area contributed by atoms with Crippen molar-refractivity contribution >= 4 is 43.2 Å². The summed E-state index contributed by atoms with van der Waals surface area (Å²) in [4.78, 5) is 9.92. The zero-order chi connectivity index (χ0) is 19.5. The van der Waals surface area contributed by atoms with Gasteiger partial charge in [0.05, 0.1) is 21.3 Å². The van der Waals surface area contributed by atoms with Crippen molar-refractivity contribution in [2.75, 3.05) is 0 Å². The number of hydrogen-bond acceptors (Lipinski definition) is 8. The van der Waals surface area contributed by atoms with E-state index in [2.05, 4.69) is 64.4 Å². The minimum atomic E-state index is -0.0871. The fourth-order valence-electron chi connectivity index (χ4n) is 2.61. The third-order valence-corrected chi connectivity index (χ3v) is 6.11. The summed E-state index contributed by atoms with van der Waals surface area (Å²) in [6.45, 7) is 2.47. The van der Waals surface area contributed by atoms with E-state index >= 15 is 0 Å². The number of aromatic nitrogens is 4. The molecule has 1 aromatic carbocycles. The summed E-state index contributed by atoms with van der Waals surface area (Å²) in [6, 6.07) is 11.6. The number of rotatable bonds is 7. The highest BCUT2D eigenvalue weighted by atomic mass is 79.9. The van der Waals surface area contributed by atoms with Gasteiger partial charge < -0.3 is 9.05 Å². The first-order chi connectivity index (χ1) is 13.6. The smallest absolute Gasteiger partial charge is 0.258 e. The van der Waals surface area contributed by atoms with Gasteiger partial charge in [-0.15, -0.1) is 11.3 Å². The summed E-state index contributed by atoms with van der Waals surface area (Å²) in [7, 11) is 0. The average molecular weight is 525 g/mol. The van der Waals surface area contributed by atoms with Gasteiger partial charge in [0.15, 0.2) is 5.82 Å². The highest BCUT2D eigenvalue weighted by Gasteiger charge is 2.19. The maximum atomic E-state index is 5.43. The molecule has 0 saturated heterocycles. The molecule has 1 unspecified atom stereocenters. The van der Waals surface area contributed by atoms with Crippen LogP contribution in [0.3, 0.4) is 0 Å². The molecular weight excluding hydrogens is 510 g/mol. The second kappa shape index (κ2) is 8.64. The van der Waals surface area contributed by atoms with Crippen LogP contribution in [0.15, 0.2) is 53.7 Å². The fraction of sp³-hybridized carbons (Fsp3) is 0.222. The maximum Gasteiger partial charge on any atom is 0.258 e. The van der Waals surface area contributed by atoms with Crippen LogP contribution in [0.25, 0.3) is 22.2 Å². The van der Waals surface area contributed by atoms with E-state index in [1.54, 1.807) is 11.3 Å². The van der Waals surface area contributed by atoms with Crippen molar-refractivity contribution in [3.8, 4) is 22.2 Å². The van der Waals surface area contributed by atoms with Gasteiger partial charge in [0, 0.05) is 10.0 Å². The van der Waals surface area contributed by atoms with Gasteiger partial charge >= 0.3 is 0 Å². The topological polar surface area (TPSA) is 89.9 Å². The van der Waals surface area contributed by atoms with E-state index in [0.29, 0.717) is 30.0 Å². The summed E-state index contributed by atoms with van der Waals surface area (Å²) in [5, 5.41) is 11.5. The van der Waals surface area contributed by atoms with Crippen molar-refractivity contribution in [1.29, 1.82) is 0 Å². The van der Waals surface area contributed by atoms with Crippen LogP contribution in [0, 0.1) is 0 Å². The Morgan fingerprint density at radius 3 is 2.75 bits per heavy atom. The molecule has 0 aliphatic rings. The van der Waals surface area contributed by atoms with E-state index in [9.17, 15) is 0 Å². The molecule has 28 heavy (non-hydrogen) atoms. The molecule has 0 saturated carbocycles. The zero-order valence-corrected chi connectivity index (χ0v) is 18.7. The molecule has 0 aliphatic carbocycles. The van der Waals surface area contributed by atoms with Crippen LogP contribution in [-0.4, -0.2) is 20.3 Å². The van der Waals surface area contributed by atoms with Crippen LogP contribution in [0.4, 0.5) is 0 Å². The van der Waals surface area contributed by atoms with Crippen LogP contribution in [0.5, 0.6) is 0 Å². The average Bonchev–Trinajstić information content (AvgIpc) is 3.43. The van der Waals surface area contributed by atoms with Crippen molar-refractivity contribution in [1.82, 2.24) is 25.6 Å². The molecule has 0 spiro atoms. The molecule has 1 atom stereocenters. The van der Waals surface area contributed by atoms with Gasteiger partial charge in [0.1, 0.15) is 0 Å². The third-order valence-electron chi connectivity index (χ3n) is 3.99. The summed E-state index contributed by atoms with van der Waals surface area (Å²) >= 11 is 8.45. The Morgan fingerprint density at radius 1 is 1.11 bits per heavy atom. The van der Waals surface area contributed by atoms with Crippen molar-refractivity contribution in [2.24, 2.45) is 0 Å². The minimum Gasteiger partial charge on any atom is -0.338 e. The summed E-state index contributed by atoms with van der Waals surface area (Å²) in [5.41, 5.74) is 0.867. The Morgan fingerprint density at radius 2 is 2.00 bits per heavy atom. The van der Waals surface area contributed by atoms with E-state index in [1.165, 1.54) is 0 Å². The predicted octanol–water partition coefficient (Wildman–Crippen LogP) is 5.61. The first-order valence-electron chi connectivity index (χ1n) is 8.53. The van der Waals surface area contributed by atoms with Gasteiger partial charge in [-0.05, 0) is 52.7 Å². The van der Waals surface area contributed by atoms with Gasteiger partial charge in [0.2, 0.25) is 11.7 Å². The van der Waals surface area contributed by atoms with Crippen LogP contribution < -0.4 is 5.32 Å². The molecule has 3 heterocycles. The molecule has 0 amide bonds. The fourth-order valence-corrected chi connectivity index (χ4v) is 4.32. The van der Waals surface area contributed by atoms with Gasteiger partial charge in [0.25, 0.3) is 5.89 Å². The van der Waals surface area contributed by atoms with E-state index in [-0.39, 0.29) is 6.04 Å². The van der Waals surface area contributed by atoms with Gasteiger partial charge in [-0.3, -0.25) is 5.32 Å². The molecule has 0 radical (unpaired) electrons. The quantitative estimate of drug-likeness (QED) is 0.335. The Bertz CT molecular complexity index is 1080. The molecule has 4 aromatic rings. The number of nitrogens with one attached hydrogen (secondary N) is 1. The van der Waals surface area contributed by atoms with E-state index < -0.39 is 0 Å². The number of benzene rings is 1. The zero-order valence-electron chi connectivity index (χ0n) is 14.7. The monoisotopic (exact) mass is 523 g/mol. The normalized spacial score (nSPS) is 12.4. The summed E-state index contributed by atoms with van der Waals surface area (Å²) < 4.78 is 12.8. The van der Waals surface area contributed by atoms with Gasteiger partial charge in [-0.25, -0.2) is 0 Å². The van der Waals surface area contributed by atoms with E-state index in [1.807, 2.05) is 36.4 Å². The first kappa shape index (κ1) is 19.4. The second-order valence-electron chi connectivity index (χ2n) is 5.93. The Balaban J connectivity index is 1.43. The molecule has 0 bridgehead atoms. The molecular formula is C18H15Br2N5O2S. The van der Waals surface area contributed by atoms with Crippen molar-refractivity contribution < 1.29 is 9.05 Å². The van der Waals surface area contributed by atoms with Crippen molar-refractivity contribution in [3.05, 3.63) is 56.4 Å². The largest absolute Gasteiger partial charge is 0.338 e. The lowest BCUT2D eigenvalue weighted by atomic mass is 10.2. The molecule has 144 valence electrons. The van der Waals surface area contributed by atoms with Crippen LogP contribution >= 0.6 is 43.2 Å². The number of nitrogens with zero attached hydrogens (tertiary/aromatic N) is 4. The van der Waals surface area contributed by atoms with E-state index in [4.69, 9.17) is 9.05 Å². The third kappa shape index (κ3) is 4.40. The van der Waals surface area contributed by atoms with E-state index in [0.717, 1.165) is 25.1 Å². The Kier molecular flexibility index (Phi) is 6.00. The van der Waals surface area contributed by atoms with Gasteiger partial charge in [-0.1, -0.05) is 39.2 Å². The lowest BCUT2D eigenvalue weighted by Gasteiger charge is -2.10. The van der Waals surface area contributed by atoms with Crippen LogP contribution in [0.2, 0.25) is 0 Å². The standard InChI is InChI=1S/C18H15Br2N5O2S/c1-2-12(16-23-18(27-24-16)10-4-3-5-11(19)8-10)21-9-15-22-17(25-26-15)13-6-7-14(20)28-13/h3-8,12,21H,2,9H2,1H3. The molecule has 0 fully saturated rings.